The molecule has 0 rings (SSSR count). The van der Waals surface area contributed by atoms with E-state index in [1.54, 1.807) is 0 Å². The summed E-state index contributed by atoms with van der Waals surface area (Å²) in [5, 5.41) is 0. The van der Waals surface area contributed by atoms with Crippen LogP contribution in [0.1, 0.15) is 0 Å². The second-order valence-corrected chi connectivity index (χ2v) is 2.72. The Bertz CT molecular complexity index is 237. The monoisotopic (exact) mass is 282 g/mol. The van der Waals surface area contributed by atoms with Crippen molar-refractivity contribution in [3.8, 4) is 0 Å². The highest BCUT2D eigenvalue weighted by Gasteiger charge is 2.57. The van der Waals surface area contributed by atoms with E-state index in [-0.39, 0.29) is 0 Å². The Balaban J connectivity index is 4.65. The van der Waals surface area contributed by atoms with Crippen LogP contribution in [0.2, 0.25) is 0 Å². The van der Waals surface area contributed by atoms with Crippen LogP contribution in [0.25, 0.3) is 0 Å². The van der Waals surface area contributed by atoms with Crippen molar-refractivity contribution in [2.75, 3.05) is 0 Å². The molecule has 1 nitrogen and oxygen atoms in total. The number of rotatable bonds is 5. The van der Waals surface area contributed by atoms with E-state index in [1.165, 1.54) is 0 Å². The molecule has 0 aliphatic rings. The molecule has 0 amide bonds. The lowest BCUT2D eigenvalue weighted by atomic mass is 10.2. The fourth-order valence-corrected chi connectivity index (χ4v) is 0.566. The van der Waals surface area contributed by atoms with Crippen molar-refractivity contribution in [2.24, 2.45) is 0 Å². The molecule has 104 valence electrons. The van der Waals surface area contributed by atoms with E-state index in [4.69, 9.17) is 0 Å². The van der Waals surface area contributed by atoms with Gasteiger partial charge < -0.3 is 4.74 Å². The lowest BCUT2D eigenvalue weighted by Gasteiger charge is -2.25. The van der Waals surface area contributed by atoms with Gasteiger partial charge in [0.1, 0.15) is 0 Å². The lowest BCUT2D eigenvalue weighted by molar-refractivity contribution is -0.332. The van der Waals surface area contributed by atoms with Gasteiger partial charge >= 0.3 is 12.1 Å². The van der Waals surface area contributed by atoms with Crippen LogP contribution in [-0.2, 0) is 4.74 Å². The van der Waals surface area contributed by atoms with E-state index in [9.17, 15) is 43.9 Å². The largest absolute Gasteiger partial charge is 0.445 e. The SMILES string of the molecule is FC(F)C(F)C(F)(F)C(F)OC(F)C(F)(F)F. The Hall–Kier alpha value is -0.740. The van der Waals surface area contributed by atoms with Crippen LogP contribution in [-0.4, -0.2) is 37.4 Å². The Morgan fingerprint density at radius 1 is 0.706 bits per heavy atom. The molecule has 0 saturated heterocycles. The van der Waals surface area contributed by atoms with Crippen LogP contribution in [0.3, 0.4) is 0 Å². The predicted molar refractivity (Wildman–Crippen MR) is 32.8 cm³/mol. The minimum Gasteiger partial charge on any atom is -0.301 e. The van der Waals surface area contributed by atoms with Crippen LogP contribution in [0.15, 0.2) is 0 Å². The second-order valence-electron chi connectivity index (χ2n) is 2.72. The van der Waals surface area contributed by atoms with Gasteiger partial charge in [-0.2, -0.15) is 22.0 Å². The minimum absolute atomic E-state index is 2.47. The van der Waals surface area contributed by atoms with Gasteiger partial charge in [-0.15, -0.1) is 0 Å². The zero-order valence-corrected chi connectivity index (χ0v) is 7.50. The molecule has 3 atom stereocenters. The van der Waals surface area contributed by atoms with Crippen LogP contribution in [0.5, 0.6) is 0 Å². The van der Waals surface area contributed by atoms with Crippen LogP contribution in [0.4, 0.5) is 43.9 Å². The van der Waals surface area contributed by atoms with Crippen molar-refractivity contribution in [3.63, 3.8) is 0 Å². The van der Waals surface area contributed by atoms with E-state index < -0.39 is 37.4 Å². The van der Waals surface area contributed by atoms with Gasteiger partial charge in [-0.3, -0.25) is 0 Å². The Labute approximate surface area is 87.3 Å². The lowest BCUT2D eigenvalue weighted by Crippen LogP contribution is -2.47. The van der Waals surface area contributed by atoms with Crippen LogP contribution < -0.4 is 0 Å². The van der Waals surface area contributed by atoms with Crippen molar-refractivity contribution < 1.29 is 48.6 Å². The molecule has 0 radical (unpaired) electrons. The quantitative estimate of drug-likeness (QED) is 0.702. The maximum Gasteiger partial charge on any atom is 0.445 e. The summed E-state index contributed by atoms with van der Waals surface area (Å²) in [5.41, 5.74) is 0. The number of halogens is 10. The normalized spacial score (nSPS) is 19.2. The average Bonchev–Trinajstić information content (AvgIpc) is 2.14. The highest BCUT2D eigenvalue weighted by Crippen LogP contribution is 2.35. The van der Waals surface area contributed by atoms with Gasteiger partial charge in [0, 0.05) is 0 Å². The molecule has 0 aliphatic carbocycles. The third kappa shape index (κ3) is 4.21. The van der Waals surface area contributed by atoms with Crippen molar-refractivity contribution in [3.05, 3.63) is 0 Å². The summed E-state index contributed by atoms with van der Waals surface area (Å²) in [7, 11) is 0. The molecule has 0 bridgehead atoms. The van der Waals surface area contributed by atoms with E-state index in [2.05, 4.69) is 4.74 Å². The first kappa shape index (κ1) is 16.3. The minimum atomic E-state index is -5.84. The molecule has 0 fully saturated rings. The molecular formula is C6H4F10O. The summed E-state index contributed by atoms with van der Waals surface area (Å²) >= 11 is 0. The molecule has 0 aromatic carbocycles. The molecule has 0 N–H and O–H groups in total. The molecule has 0 spiro atoms. The van der Waals surface area contributed by atoms with Gasteiger partial charge in [-0.05, 0) is 0 Å². The fraction of sp³-hybridized carbons (Fsp3) is 1.00. The van der Waals surface area contributed by atoms with Gasteiger partial charge in [0.05, 0.1) is 0 Å². The first-order chi connectivity index (χ1) is 7.40. The van der Waals surface area contributed by atoms with Gasteiger partial charge in [-0.1, -0.05) is 0 Å². The number of ether oxygens (including phenoxy) is 1. The fourth-order valence-electron chi connectivity index (χ4n) is 0.566. The van der Waals surface area contributed by atoms with E-state index in [0.717, 1.165) is 0 Å². The molecule has 11 heteroatoms. The maximum atomic E-state index is 12.3. The summed E-state index contributed by atoms with van der Waals surface area (Å²) in [6, 6.07) is 0. The molecule has 0 aromatic rings. The van der Waals surface area contributed by atoms with Gasteiger partial charge in [0.25, 0.3) is 19.1 Å². The first-order valence-electron chi connectivity index (χ1n) is 3.71. The number of hydrogen-bond donors (Lipinski definition) is 0. The summed E-state index contributed by atoms with van der Waals surface area (Å²) < 4.78 is 121. The van der Waals surface area contributed by atoms with E-state index in [1.807, 2.05) is 0 Å². The number of hydrogen-bond acceptors (Lipinski definition) is 1. The first-order valence-corrected chi connectivity index (χ1v) is 3.71. The summed E-state index contributed by atoms with van der Waals surface area (Å²) in [6.07, 6.45) is -23.6. The van der Waals surface area contributed by atoms with E-state index in [0.29, 0.717) is 0 Å². The molecule has 0 aromatic heterocycles. The molecule has 0 saturated carbocycles. The topological polar surface area (TPSA) is 9.23 Å². The molecule has 17 heavy (non-hydrogen) atoms. The zero-order chi connectivity index (χ0) is 14.0. The van der Waals surface area contributed by atoms with Crippen LogP contribution in [0, 0.1) is 0 Å². The smallest absolute Gasteiger partial charge is 0.301 e. The van der Waals surface area contributed by atoms with Gasteiger partial charge in [0.2, 0.25) is 6.17 Å². The second kappa shape index (κ2) is 5.27. The van der Waals surface area contributed by atoms with Crippen molar-refractivity contribution >= 4 is 0 Å². The Morgan fingerprint density at radius 2 is 1.12 bits per heavy atom. The summed E-state index contributed by atoms with van der Waals surface area (Å²) in [5.74, 6) is -5.61. The summed E-state index contributed by atoms with van der Waals surface area (Å²) in [6.45, 7) is 0. The average molecular weight is 282 g/mol. The molecular weight excluding hydrogens is 278 g/mol. The molecule has 0 aliphatic heterocycles. The van der Waals surface area contributed by atoms with Crippen molar-refractivity contribution in [1.29, 1.82) is 0 Å². The van der Waals surface area contributed by atoms with Crippen molar-refractivity contribution in [1.82, 2.24) is 0 Å². The standard InChI is InChI=1S/C6H4F10O/c7-1(2(8)9)5(12,13)3(10)17-4(11)6(14,15)16/h1-4H. The highest BCUT2D eigenvalue weighted by molar-refractivity contribution is 4.82. The third-order valence-electron chi connectivity index (χ3n) is 1.39. The van der Waals surface area contributed by atoms with E-state index >= 15 is 0 Å². The Kier molecular flexibility index (Phi) is 5.04. The van der Waals surface area contributed by atoms with Gasteiger partial charge in [0.15, 0.2) is 0 Å². The third-order valence-corrected chi connectivity index (χ3v) is 1.39. The molecule has 3 unspecified atom stereocenters. The van der Waals surface area contributed by atoms with Gasteiger partial charge in [-0.25, -0.2) is 22.0 Å². The summed E-state index contributed by atoms with van der Waals surface area (Å²) in [4.78, 5) is 0. The highest BCUT2D eigenvalue weighted by atomic mass is 19.4. The number of alkyl halides is 10. The van der Waals surface area contributed by atoms with Crippen LogP contribution >= 0.6 is 0 Å². The zero-order valence-electron chi connectivity index (χ0n) is 7.50. The molecule has 0 heterocycles. The maximum absolute atomic E-state index is 12.3. The predicted octanol–water partition coefficient (Wildman–Crippen LogP) is 3.40. The van der Waals surface area contributed by atoms with Crippen molar-refractivity contribution in [2.45, 2.75) is 37.4 Å². The Morgan fingerprint density at radius 3 is 1.41 bits per heavy atom.